The number of benzene rings is 2. The van der Waals surface area contributed by atoms with E-state index < -0.39 is 0 Å². The summed E-state index contributed by atoms with van der Waals surface area (Å²) in [5.74, 6) is 1.62. The molecule has 3 heteroatoms. The molecule has 2 aromatic carbocycles. The molecule has 1 atom stereocenters. The van der Waals surface area contributed by atoms with E-state index in [0.717, 1.165) is 30.9 Å². The Morgan fingerprint density at radius 1 is 1.09 bits per heavy atom. The third-order valence-corrected chi connectivity index (χ3v) is 4.49. The highest BCUT2D eigenvalue weighted by Gasteiger charge is 2.23. The van der Waals surface area contributed by atoms with E-state index in [-0.39, 0.29) is 0 Å². The molecule has 2 aromatic rings. The summed E-state index contributed by atoms with van der Waals surface area (Å²) >= 11 is 0. The third kappa shape index (κ3) is 2.81. The Morgan fingerprint density at radius 3 is 2.55 bits per heavy atom. The molecule has 0 saturated carbocycles. The normalized spacial score (nSPS) is 17.0. The van der Waals surface area contributed by atoms with Crippen LogP contribution in [-0.2, 0) is 12.8 Å². The molecule has 1 unspecified atom stereocenters. The predicted molar refractivity (Wildman–Crippen MR) is 88.9 cm³/mol. The maximum Gasteiger partial charge on any atom is 0.161 e. The number of nitrogens with one attached hydrogen (secondary N) is 1. The van der Waals surface area contributed by atoms with Crippen LogP contribution in [0.15, 0.2) is 36.4 Å². The largest absolute Gasteiger partial charge is 0.493 e. The van der Waals surface area contributed by atoms with Crippen molar-refractivity contribution in [2.45, 2.75) is 25.8 Å². The molecule has 0 aliphatic carbocycles. The first-order valence-electron chi connectivity index (χ1n) is 7.75. The Bertz CT molecular complexity index is 666. The molecule has 0 saturated heterocycles. The van der Waals surface area contributed by atoms with Gasteiger partial charge in [-0.05, 0) is 60.7 Å². The fourth-order valence-electron chi connectivity index (χ4n) is 3.21. The van der Waals surface area contributed by atoms with Gasteiger partial charge in [0.2, 0.25) is 0 Å². The lowest BCUT2D eigenvalue weighted by molar-refractivity contribution is 0.352. The molecule has 0 fully saturated rings. The van der Waals surface area contributed by atoms with Crippen molar-refractivity contribution in [1.82, 2.24) is 5.32 Å². The number of ether oxygens (including phenoxy) is 2. The predicted octanol–water partition coefficient (Wildman–Crippen LogP) is 3.44. The summed E-state index contributed by atoms with van der Waals surface area (Å²) in [4.78, 5) is 0. The molecule has 0 amide bonds. The number of rotatable bonds is 4. The van der Waals surface area contributed by atoms with Gasteiger partial charge < -0.3 is 14.8 Å². The van der Waals surface area contributed by atoms with Crippen LogP contribution >= 0.6 is 0 Å². The van der Waals surface area contributed by atoms with E-state index in [4.69, 9.17) is 9.47 Å². The van der Waals surface area contributed by atoms with Crippen molar-refractivity contribution in [3.05, 3.63) is 58.7 Å². The standard InChI is InChI=1S/C19H23NO2/c1-13-6-4-5-7-14(13)10-17-16-12-19(22-3)18(21-2)11-15(16)8-9-20-17/h4-7,11-12,17,20H,8-10H2,1-3H3. The summed E-state index contributed by atoms with van der Waals surface area (Å²) in [7, 11) is 3.38. The number of hydrogen-bond acceptors (Lipinski definition) is 3. The summed E-state index contributed by atoms with van der Waals surface area (Å²) in [6.07, 6.45) is 2.02. The maximum absolute atomic E-state index is 5.47. The topological polar surface area (TPSA) is 30.5 Å². The van der Waals surface area contributed by atoms with Crippen molar-refractivity contribution in [1.29, 1.82) is 0 Å². The lowest BCUT2D eigenvalue weighted by Gasteiger charge is -2.28. The van der Waals surface area contributed by atoms with Gasteiger partial charge in [-0.1, -0.05) is 24.3 Å². The summed E-state index contributed by atoms with van der Waals surface area (Å²) in [5.41, 5.74) is 5.42. The van der Waals surface area contributed by atoms with Gasteiger partial charge >= 0.3 is 0 Å². The first-order chi connectivity index (χ1) is 10.7. The lowest BCUT2D eigenvalue weighted by Crippen LogP contribution is -2.31. The summed E-state index contributed by atoms with van der Waals surface area (Å²) < 4.78 is 10.9. The summed E-state index contributed by atoms with van der Waals surface area (Å²) in [6.45, 7) is 3.17. The first-order valence-corrected chi connectivity index (χ1v) is 7.75. The minimum Gasteiger partial charge on any atom is -0.493 e. The van der Waals surface area contributed by atoms with Crippen molar-refractivity contribution in [3.63, 3.8) is 0 Å². The van der Waals surface area contributed by atoms with Crippen LogP contribution in [0.4, 0.5) is 0 Å². The van der Waals surface area contributed by atoms with Crippen molar-refractivity contribution in [2.24, 2.45) is 0 Å². The molecular weight excluding hydrogens is 274 g/mol. The molecule has 3 rings (SSSR count). The van der Waals surface area contributed by atoms with Crippen LogP contribution in [0.1, 0.15) is 28.3 Å². The van der Waals surface area contributed by atoms with E-state index >= 15 is 0 Å². The van der Waals surface area contributed by atoms with Gasteiger partial charge in [-0.25, -0.2) is 0 Å². The quantitative estimate of drug-likeness (QED) is 0.937. The van der Waals surface area contributed by atoms with Gasteiger partial charge in [0.25, 0.3) is 0 Å². The second-order valence-corrected chi connectivity index (χ2v) is 5.79. The summed E-state index contributed by atoms with van der Waals surface area (Å²) in [6, 6.07) is 13.2. The molecule has 0 aromatic heterocycles. The monoisotopic (exact) mass is 297 g/mol. The first kappa shape index (κ1) is 14.9. The maximum atomic E-state index is 5.47. The molecule has 116 valence electrons. The lowest BCUT2D eigenvalue weighted by atomic mass is 9.89. The highest BCUT2D eigenvalue weighted by Crippen LogP contribution is 2.36. The Balaban J connectivity index is 1.95. The zero-order valence-electron chi connectivity index (χ0n) is 13.5. The highest BCUT2D eigenvalue weighted by molar-refractivity contribution is 5.50. The average Bonchev–Trinajstić information content (AvgIpc) is 2.56. The third-order valence-electron chi connectivity index (χ3n) is 4.49. The van der Waals surface area contributed by atoms with E-state index in [1.165, 1.54) is 22.3 Å². The van der Waals surface area contributed by atoms with Gasteiger partial charge in [-0.3, -0.25) is 0 Å². The fourth-order valence-corrected chi connectivity index (χ4v) is 3.21. The van der Waals surface area contributed by atoms with E-state index in [1.54, 1.807) is 14.2 Å². The van der Waals surface area contributed by atoms with Crippen LogP contribution in [0, 0.1) is 6.92 Å². The van der Waals surface area contributed by atoms with Crippen molar-refractivity contribution < 1.29 is 9.47 Å². The van der Waals surface area contributed by atoms with Gasteiger partial charge in [0, 0.05) is 6.04 Å². The number of fused-ring (bicyclic) bond motifs is 1. The zero-order chi connectivity index (χ0) is 15.5. The number of aryl methyl sites for hydroxylation is 1. The number of hydrogen-bond donors (Lipinski definition) is 1. The molecule has 0 bridgehead atoms. The molecule has 3 nitrogen and oxygen atoms in total. The van der Waals surface area contributed by atoms with Crippen LogP contribution in [-0.4, -0.2) is 20.8 Å². The molecule has 1 heterocycles. The van der Waals surface area contributed by atoms with Gasteiger partial charge in [-0.2, -0.15) is 0 Å². The van der Waals surface area contributed by atoms with Gasteiger partial charge in [0.05, 0.1) is 14.2 Å². The van der Waals surface area contributed by atoms with E-state index in [9.17, 15) is 0 Å². The van der Waals surface area contributed by atoms with Crippen LogP contribution in [0.5, 0.6) is 11.5 Å². The smallest absolute Gasteiger partial charge is 0.161 e. The van der Waals surface area contributed by atoms with Crippen molar-refractivity contribution >= 4 is 0 Å². The Labute approximate surface area is 132 Å². The molecule has 1 aliphatic rings. The van der Waals surface area contributed by atoms with Crippen LogP contribution < -0.4 is 14.8 Å². The van der Waals surface area contributed by atoms with Crippen LogP contribution in [0.25, 0.3) is 0 Å². The zero-order valence-corrected chi connectivity index (χ0v) is 13.5. The minimum absolute atomic E-state index is 0.324. The van der Waals surface area contributed by atoms with Crippen molar-refractivity contribution in [2.75, 3.05) is 20.8 Å². The second kappa shape index (κ2) is 6.41. The van der Waals surface area contributed by atoms with Gasteiger partial charge in [0.1, 0.15) is 0 Å². The van der Waals surface area contributed by atoms with E-state index in [2.05, 4.69) is 48.6 Å². The molecule has 1 aliphatic heterocycles. The molecule has 1 N–H and O–H groups in total. The Kier molecular flexibility index (Phi) is 4.34. The number of methoxy groups -OCH3 is 2. The fraction of sp³-hybridized carbons (Fsp3) is 0.368. The molecule has 0 radical (unpaired) electrons. The molecule has 22 heavy (non-hydrogen) atoms. The Hall–Kier alpha value is -2.00. The van der Waals surface area contributed by atoms with Gasteiger partial charge in [-0.15, -0.1) is 0 Å². The minimum atomic E-state index is 0.324. The van der Waals surface area contributed by atoms with Crippen molar-refractivity contribution in [3.8, 4) is 11.5 Å². The highest BCUT2D eigenvalue weighted by atomic mass is 16.5. The van der Waals surface area contributed by atoms with Crippen LogP contribution in [0.2, 0.25) is 0 Å². The average molecular weight is 297 g/mol. The molecule has 0 spiro atoms. The second-order valence-electron chi connectivity index (χ2n) is 5.79. The van der Waals surface area contributed by atoms with E-state index in [1.807, 2.05) is 0 Å². The Morgan fingerprint density at radius 2 is 1.82 bits per heavy atom. The van der Waals surface area contributed by atoms with Gasteiger partial charge in [0.15, 0.2) is 11.5 Å². The molecular formula is C19H23NO2. The van der Waals surface area contributed by atoms with Crippen LogP contribution in [0.3, 0.4) is 0 Å². The SMILES string of the molecule is COc1cc2c(cc1OC)C(Cc1ccccc1C)NCC2. The van der Waals surface area contributed by atoms with E-state index in [0.29, 0.717) is 6.04 Å². The summed E-state index contributed by atoms with van der Waals surface area (Å²) in [5, 5.41) is 3.64.